The first kappa shape index (κ1) is 20.1. The molecule has 0 aliphatic rings. The Morgan fingerprint density at radius 3 is 2.46 bits per heavy atom. The zero-order valence-electron chi connectivity index (χ0n) is 14.2. The maximum atomic E-state index is 12.2. The molecule has 9 heteroatoms. The van der Waals surface area contributed by atoms with Gasteiger partial charge in [0, 0.05) is 11.3 Å². The Labute approximate surface area is 156 Å². The van der Waals surface area contributed by atoms with Gasteiger partial charge in [-0.25, -0.2) is 13.6 Å². The lowest BCUT2D eigenvalue weighted by Crippen LogP contribution is -2.30. The van der Waals surface area contributed by atoms with E-state index in [-0.39, 0.29) is 23.6 Å². The summed E-state index contributed by atoms with van der Waals surface area (Å²) in [7, 11) is -2.42. The van der Waals surface area contributed by atoms with Crippen molar-refractivity contribution in [3.8, 4) is 0 Å². The minimum atomic E-state index is -3.73. The van der Waals surface area contributed by atoms with Crippen molar-refractivity contribution in [2.24, 2.45) is 5.14 Å². The van der Waals surface area contributed by atoms with Crippen LogP contribution in [-0.2, 0) is 30.8 Å². The first-order valence-electron chi connectivity index (χ1n) is 7.81. The normalized spacial score (nSPS) is 12.4. The highest BCUT2D eigenvalue weighted by atomic mass is 32.2. The standard InChI is InChI=1S/C17H20N2O5S2/c1-24-17(21)11-14(15-3-2-10-25-15)19-16(20)9-6-12-4-7-13(8-5-12)26(18,22)23/h2-5,7-8,10,14H,6,9,11H2,1H3,(H,19,20)(H2,18,22,23). The van der Waals surface area contributed by atoms with Gasteiger partial charge in [-0.1, -0.05) is 18.2 Å². The van der Waals surface area contributed by atoms with Crippen LogP contribution in [0.15, 0.2) is 46.7 Å². The van der Waals surface area contributed by atoms with Gasteiger partial charge in [0.2, 0.25) is 15.9 Å². The molecule has 0 saturated carbocycles. The van der Waals surface area contributed by atoms with Crippen molar-refractivity contribution in [1.29, 1.82) is 0 Å². The van der Waals surface area contributed by atoms with E-state index in [4.69, 9.17) is 5.14 Å². The van der Waals surface area contributed by atoms with Crippen molar-refractivity contribution < 1.29 is 22.7 Å². The molecule has 0 aliphatic heterocycles. The number of nitrogens with one attached hydrogen (secondary N) is 1. The van der Waals surface area contributed by atoms with Gasteiger partial charge in [-0.05, 0) is 35.6 Å². The fourth-order valence-electron chi connectivity index (χ4n) is 2.33. The third-order valence-corrected chi connectivity index (χ3v) is 5.63. The van der Waals surface area contributed by atoms with E-state index in [0.29, 0.717) is 6.42 Å². The SMILES string of the molecule is COC(=O)CC(NC(=O)CCc1ccc(S(N)(=O)=O)cc1)c1cccs1. The Balaban J connectivity index is 1.94. The fraction of sp³-hybridized carbons (Fsp3) is 0.294. The van der Waals surface area contributed by atoms with E-state index >= 15 is 0 Å². The van der Waals surface area contributed by atoms with Crippen LogP contribution >= 0.6 is 11.3 Å². The number of primary sulfonamides is 1. The van der Waals surface area contributed by atoms with Gasteiger partial charge in [-0.15, -0.1) is 11.3 Å². The summed E-state index contributed by atoms with van der Waals surface area (Å²) < 4.78 is 27.2. The zero-order valence-corrected chi connectivity index (χ0v) is 15.8. The summed E-state index contributed by atoms with van der Waals surface area (Å²) in [4.78, 5) is 24.7. The number of sulfonamides is 1. The number of hydrogen-bond acceptors (Lipinski definition) is 6. The quantitative estimate of drug-likeness (QED) is 0.660. The van der Waals surface area contributed by atoms with Crippen molar-refractivity contribution in [3.05, 3.63) is 52.2 Å². The summed E-state index contributed by atoms with van der Waals surface area (Å²) in [6, 6.07) is 9.34. The van der Waals surface area contributed by atoms with E-state index in [2.05, 4.69) is 10.1 Å². The smallest absolute Gasteiger partial charge is 0.307 e. The van der Waals surface area contributed by atoms with Gasteiger partial charge in [0.05, 0.1) is 24.5 Å². The van der Waals surface area contributed by atoms with E-state index in [1.807, 2.05) is 17.5 Å². The first-order valence-corrected chi connectivity index (χ1v) is 10.2. The Bertz CT molecular complexity index is 846. The first-order chi connectivity index (χ1) is 12.3. The van der Waals surface area contributed by atoms with Crippen LogP contribution in [0.25, 0.3) is 0 Å². The van der Waals surface area contributed by atoms with E-state index in [9.17, 15) is 18.0 Å². The monoisotopic (exact) mass is 396 g/mol. The average Bonchev–Trinajstić information content (AvgIpc) is 3.13. The lowest BCUT2D eigenvalue weighted by atomic mass is 10.1. The van der Waals surface area contributed by atoms with Gasteiger partial charge in [0.1, 0.15) is 0 Å². The van der Waals surface area contributed by atoms with Crippen LogP contribution in [0.3, 0.4) is 0 Å². The Hall–Kier alpha value is -2.23. The number of amides is 1. The van der Waals surface area contributed by atoms with E-state index in [0.717, 1.165) is 10.4 Å². The highest BCUT2D eigenvalue weighted by molar-refractivity contribution is 7.89. The van der Waals surface area contributed by atoms with E-state index in [1.54, 1.807) is 12.1 Å². The van der Waals surface area contributed by atoms with E-state index in [1.165, 1.54) is 30.6 Å². The predicted molar refractivity (Wildman–Crippen MR) is 98.0 cm³/mol. The number of carbonyl (C=O) groups is 2. The van der Waals surface area contributed by atoms with Gasteiger partial charge in [0.25, 0.3) is 0 Å². The minimum absolute atomic E-state index is 0.0292. The second-order valence-corrected chi connectivity index (χ2v) is 8.15. The van der Waals surface area contributed by atoms with E-state index < -0.39 is 22.0 Å². The topological polar surface area (TPSA) is 116 Å². The number of rotatable bonds is 8. The lowest BCUT2D eigenvalue weighted by Gasteiger charge is -2.16. The van der Waals surface area contributed by atoms with Crippen LogP contribution in [-0.4, -0.2) is 27.4 Å². The molecular formula is C17H20N2O5S2. The molecule has 0 aliphatic carbocycles. The molecule has 1 heterocycles. The molecule has 3 N–H and O–H groups in total. The molecule has 0 bridgehead atoms. The maximum Gasteiger partial charge on any atom is 0.307 e. The van der Waals surface area contributed by atoms with Crippen molar-refractivity contribution in [2.75, 3.05) is 7.11 Å². The molecule has 26 heavy (non-hydrogen) atoms. The Morgan fingerprint density at radius 2 is 1.92 bits per heavy atom. The molecule has 140 valence electrons. The molecule has 0 saturated heterocycles. The number of nitrogens with two attached hydrogens (primary N) is 1. The molecule has 1 aromatic carbocycles. The summed E-state index contributed by atoms with van der Waals surface area (Å²) in [5.41, 5.74) is 0.813. The maximum absolute atomic E-state index is 12.2. The van der Waals surface area contributed by atoms with Crippen LogP contribution in [0.1, 0.15) is 29.3 Å². The molecule has 1 aromatic heterocycles. The number of esters is 1. The highest BCUT2D eigenvalue weighted by Gasteiger charge is 2.19. The lowest BCUT2D eigenvalue weighted by molar-refractivity contribution is -0.141. The molecule has 0 fully saturated rings. The minimum Gasteiger partial charge on any atom is -0.469 e. The second-order valence-electron chi connectivity index (χ2n) is 5.60. The van der Waals surface area contributed by atoms with Gasteiger partial charge >= 0.3 is 5.97 Å². The summed E-state index contributed by atoms with van der Waals surface area (Å²) in [5, 5.41) is 9.77. The summed E-state index contributed by atoms with van der Waals surface area (Å²) in [6.45, 7) is 0. The van der Waals surface area contributed by atoms with Crippen molar-refractivity contribution in [1.82, 2.24) is 5.32 Å². The number of carbonyl (C=O) groups excluding carboxylic acids is 2. The van der Waals surface area contributed by atoms with Crippen molar-refractivity contribution in [3.63, 3.8) is 0 Å². The number of benzene rings is 1. The van der Waals surface area contributed by atoms with Crippen molar-refractivity contribution in [2.45, 2.75) is 30.2 Å². The molecule has 0 spiro atoms. The summed E-state index contributed by atoms with van der Waals surface area (Å²) in [5.74, 6) is -0.606. The molecular weight excluding hydrogens is 376 g/mol. The Morgan fingerprint density at radius 1 is 1.23 bits per heavy atom. The zero-order chi connectivity index (χ0) is 19.2. The van der Waals surface area contributed by atoms with Gasteiger partial charge in [-0.3, -0.25) is 9.59 Å². The summed E-state index contributed by atoms with van der Waals surface area (Å²) >= 11 is 1.45. The number of methoxy groups -OCH3 is 1. The molecule has 1 unspecified atom stereocenters. The largest absolute Gasteiger partial charge is 0.469 e. The predicted octanol–water partition coefficient (Wildman–Crippen LogP) is 1.75. The number of hydrogen-bond donors (Lipinski definition) is 2. The molecule has 7 nitrogen and oxygen atoms in total. The van der Waals surface area contributed by atoms with Gasteiger partial charge < -0.3 is 10.1 Å². The number of thiophene rings is 1. The van der Waals surface area contributed by atoms with Gasteiger partial charge in [0.15, 0.2) is 0 Å². The van der Waals surface area contributed by atoms with Crippen molar-refractivity contribution >= 4 is 33.2 Å². The van der Waals surface area contributed by atoms with Crippen LogP contribution < -0.4 is 10.5 Å². The molecule has 1 amide bonds. The number of ether oxygens (including phenoxy) is 1. The third kappa shape index (κ3) is 5.94. The molecule has 2 rings (SSSR count). The number of aryl methyl sites for hydroxylation is 1. The van der Waals surface area contributed by atoms with Crippen LogP contribution in [0.2, 0.25) is 0 Å². The van der Waals surface area contributed by atoms with Gasteiger partial charge in [-0.2, -0.15) is 0 Å². The van der Waals surface area contributed by atoms with Crippen LogP contribution in [0.4, 0.5) is 0 Å². The van der Waals surface area contributed by atoms with Crippen LogP contribution in [0, 0.1) is 0 Å². The third-order valence-electron chi connectivity index (χ3n) is 3.71. The van der Waals surface area contributed by atoms with Crippen LogP contribution in [0.5, 0.6) is 0 Å². The second kappa shape index (κ2) is 8.93. The Kier molecular flexibility index (Phi) is 6.90. The molecule has 1 atom stereocenters. The average molecular weight is 396 g/mol. The molecule has 2 aromatic rings. The highest BCUT2D eigenvalue weighted by Crippen LogP contribution is 2.22. The summed E-state index contributed by atoms with van der Waals surface area (Å²) in [6.07, 6.45) is 0.704. The molecule has 0 radical (unpaired) electrons. The fourth-order valence-corrected chi connectivity index (χ4v) is 3.63.